The van der Waals surface area contributed by atoms with E-state index in [4.69, 9.17) is 9.84 Å². The first-order chi connectivity index (χ1) is 13.0. The molecule has 1 N–H and O–H groups in total. The normalized spacial score (nSPS) is 13.1. The fourth-order valence-electron chi connectivity index (χ4n) is 3.35. The maximum absolute atomic E-state index is 12.5. The molecule has 27 heavy (non-hydrogen) atoms. The molecule has 0 spiro atoms. The molecule has 2 unspecified atom stereocenters. The zero-order valence-corrected chi connectivity index (χ0v) is 17.2. The number of carbonyl (C=O) groups is 2. The smallest absolute Gasteiger partial charge is 0.338 e. The van der Waals surface area contributed by atoms with Crippen LogP contribution in [0.5, 0.6) is 0 Å². The average molecular weight is 377 g/mol. The number of carboxylic acids is 1. The van der Waals surface area contributed by atoms with Crippen LogP contribution in [-0.4, -0.2) is 23.1 Å². The molecule has 0 aliphatic carbocycles. The molecule has 0 radical (unpaired) electrons. The summed E-state index contributed by atoms with van der Waals surface area (Å²) < 4.78 is 5.81. The van der Waals surface area contributed by atoms with E-state index in [1.54, 1.807) is 0 Å². The lowest BCUT2D eigenvalue weighted by atomic mass is 9.91. The Morgan fingerprint density at radius 1 is 0.889 bits per heavy atom. The van der Waals surface area contributed by atoms with Gasteiger partial charge in [-0.3, -0.25) is 0 Å². The second-order valence-electron chi connectivity index (χ2n) is 7.41. The third kappa shape index (κ3) is 9.07. The van der Waals surface area contributed by atoms with Crippen molar-refractivity contribution in [3.63, 3.8) is 0 Å². The number of ether oxygens (including phenoxy) is 1. The Morgan fingerprint density at radius 3 is 2.07 bits per heavy atom. The minimum absolute atomic E-state index is 0.0623. The highest BCUT2D eigenvalue weighted by molar-refractivity contribution is 5.92. The van der Waals surface area contributed by atoms with Crippen molar-refractivity contribution in [1.29, 1.82) is 0 Å². The van der Waals surface area contributed by atoms with Crippen molar-refractivity contribution in [2.45, 2.75) is 91.1 Å². The minimum atomic E-state index is -0.996. The first kappa shape index (κ1) is 23.2. The van der Waals surface area contributed by atoms with E-state index in [1.807, 2.05) is 0 Å². The van der Waals surface area contributed by atoms with Crippen LogP contribution >= 0.6 is 0 Å². The fourth-order valence-corrected chi connectivity index (χ4v) is 3.35. The number of hydrogen-bond donors (Lipinski definition) is 1. The molecule has 1 rings (SSSR count). The molecule has 4 nitrogen and oxygen atoms in total. The second kappa shape index (κ2) is 13.3. The van der Waals surface area contributed by atoms with Crippen LogP contribution in [0.2, 0.25) is 0 Å². The Labute approximate surface area is 164 Å². The van der Waals surface area contributed by atoms with Gasteiger partial charge in [-0.2, -0.15) is 0 Å². The van der Waals surface area contributed by atoms with Gasteiger partial charge in [0.2, 0.25) is 0 Å². The highest BCUT2D eigenvalue weighted by atomic mass is 16.5. The molecule has 0 aliphatic rings. The van der Waals surface area contributed by atoms with Crippen LogP contribution in [0.25, 0.3) is 0 Å². The van der Waals surface area contributed by atoms with Crippen LogP contribution in [0.3, 0.4) is 0 Å². The predicted octanol–water partition coefficient (Wildman–Crippen LogP) is 6.49. The third-order valence-electron chi connectivity index (χ3n) is 5.16. The highest BCUT2D eigenvalue weighted by Crippen LogP contribution is 2.24. The van der Waals surface area contributed by atoms with Crippen molar-refractivity contribution in [2.75, 3.05) is 0 Å². The number of hydrogen-bond acceptors (Lipinski definition) is 3. The van der Waals surface area contributed by atoms with Crippen molar-refractivity contribution >= 4 is 11.9 Å². The van der Waals surface area contributed by atoms with Gasteiger partial charge >= 0.3 is 11.9 Å². The van der Waals surface area contributed by atoms with Gasteiger partial charge in [0.05, 0.1) is 11.1 Å². The Balaban J connectivity index is 2.65. The quantitative estimate of drug-likeness (QED) is 0.298. The van der Waals surface area contributed by atoms with Crippen LogP contribution in [0, 0.1) is 5.92 Å². The molecule has 0 amide bonds. The number of aromatic carboxylic acids is 1. The average Bonchev–Trinajstić information content (AvgIpc) is 2.68. The van der Waals surface area contributed by atoms with Gasteiger partial charge in [0.15, 0.2) is 0 Å². The number of carboxylic acid groups (broad SMARTS) is 1. The monoisotopic (exact) mass is 376 g/mol. The number of unbranched alkanes of at least 4 members (excludes halogenated alkanes) is 4. The molecular formula is C23H36O4. The maximum Gasteiger partial charge on any atom is 0.338 e. The summed E-state index contributed by atoms with van der Waals surface area (Å²) in [6.07, 6.45) is 11.2. The van der Waals surface area contributed by atoms with Crippen molar-refractivity contribution in [3.05, 3.63) is 35.4 Å². The van der Waals surface area contributed by atoms with Crippen molar-refractivity contribution < 1.29 is 19.4 Å². The zero-order valence-electron chi connectivity index (χ0n) is 17.2. The molecule has 0 heterocycles. The molecule has 1 aromatic carbocycles. The van der Waals surface area contributed by atoms with E-state index in [2.05, 4.69) is 20.8 Å². The largest absolute Gasteiger partial charge is 0.478 e. The molecular weight excluding hydrogens is 340 g/mol. The Bertz CT molecular complexity index is 550. The summed E-state index contributed by atoms with van der Waals surface area (Å²) in [5, 5.41) is 8.97. The van der Waals surface area contributed by atoms with Gasteiger partial charge in [-0.25, -0.2) is 9.59 Å². The Kier molecular flexibility index (Phi) is 11.5. The summed E-state index contributed by atoms with van der Waals surface area (Å²) in [5.41, 5.74) is 0.588. The first-order valence-electron chi connectivity index (χ1n) is 10.6. The van der Waals surface area contributed by atoms with Crippen molar-refractivity contribution in [1.82, 2.24) is 0 Å². The van der Waals surface area contributed by atoms with Gasteiger partial charge < -0.3 is 9.84 Å². The van der Waals surface area contributed by atoms with E-state index >= 15 is 0 Å². The van der Waals surface area contributed by atoms with Crippen LogP contribution in [0.15, 0.2) is 24.3 Å². The van der Waals surface area contributed by atoms with Gasteiger partial charge in [0, 0.05) is 0 Å². The number of carbonyl (C=O) groups excluding carboxylic acids is 1. The Hall–Kier alpha value is -1.84. The standard InChI is InChI=1S/C23H36O4/c1-4-7-9-10-11-18(6-3)17-21(12-8-5-2)27-23(26)20-15-13-19(14-16-20)22(24)25/h13-16,18,21H,4-12,17H2,1-3H3,(H,24,25). The molecule has 2 atom stereocenters. The van der Waals surface area contributed by atoms with Gasteiger partial charge in [-0.15, -0.1) is 0 Å². The minimum Gasteiger partial charge on any atom is -0.478 e. The number of esters is 1. The van der Waals surface area contributed by atoms with E-state index in [1.165, 1.54) is 56.4 Å². The summed E-state index contributed by atoms with van der Waals surface area (Å²) in [6, 6.07) is 5.96. The molecule has 0 saturated carbocycles. The molecule has 0 saturated heterocycles. The third-order valence-corrected chi connectivity index (χ3v) is 5.16. The zero-order chi connectivity index (χ0) is 20.1. The van der Waals surface area contributed by atoms with Gasteiger partial charge in [0.25, 0.3) is 0 Å². The molecule has 0 aromatic heterocycles. The van der Waals surface area contributed by atoms with Crippen LogP contribution in [-0.2, 0) is 4.74 Å². The SMILES string of the molecule is CCCCCCC(CC)CC(CCCC)OC(=O)c1ccc(C(=O)O)cc1. The lowest BCUT2D eigenvalue weighted by molar-refractivity contribution is 0.0206. The lowest BCUT2D eigenvalue weighted by Gasteiger charge is -2.23. The molecule has 4 heteroatoms. The van der Waals surface area contributed by atoms with Gasteiger partial charge in [-0.1, -0.05) is 72.1 Å². The van der Waals surface area contributed by atoms with Crippen molar-refractivity contribution in [3.8, 4) is 0 Å². The Morgan fingerprint density at radius 2 is 1.52 bits per heavy atom. The summed E-state index contributed by atoms with van der Waals surface area (Å²) in [7, 11) is 0. The van der Waals surface area contributed by atoms with E-state index in [9.17, 15) is 9.59 Å². The second-order valence-corrected chi connectivity index (χ2v) is 7.41. The number of rotatable bonds is 14. The van der Waals surface area contributed by atoms with Crippen LogP contribution in [0.1, 0.15) is 106 Å². The van der Waals surface area contributed by atoms with E-state index in [0.717, 1.165) is 32.1 Å². The summed E-state index contributed by atoms with van der Waals surface area (Å²) in [4.78, 5) is 23.4. The maximum atomic E-state index is 12.5. The van der Waals surface area contributed by atoms with Gasteiger partial charge in [-0.05, 0) is 43.0 Å². The molecule has 1 aromatic rings. The number of benzene rings is 1. The molecule has 152 valence electrons. The summed E-state index contributed by atoms with van der Waals surface area (Å²) in [6.45, 7) is 6.58. The van der Waals surface area contributed by atoms with E-state index in [0.29, 0.717) is 11.5 Å². The topological polar surface area (TPSA) is 63.6 Å². The highest BCUT2D eigenvalue weighted by Gasteiger charge is 2.20. The van der Waals surface area contributed by atoms with E-state index in [-0.39, 0.29) is 17.6 Å². The van der Waals surface area contributed by atoms with E-state index < -0.39 is 5.97 Å². The molecule has 0 bridgehead atoms. The fraction of sp³-hybridized carbons (Fsp3) is 0.652. The van der Waals surface area contributed by atoms with Crippen LogP contribution < -0.4 is 0 Å². The van der Waals surface area contributed by atoms with Gasteiger partial charge in [0.1, 0.15) is 6.10 Å². The first-order valence-corrected chi connectivity index (χ1v) is 10.6. The van der Waals surface area contributed by atoms with Crippen molar-refractivity contribution in [2.24, 2.45) is 5.92 Å². The summed E-state index contributed by atoms with van der Waals surface area (Å²) >= 11 is 0. The summed E-state index contributed by atoms with van der Waals surface area (Å²) in [5.74, 6) is -0.760. The molecule has 0 fully saturated rings. The lowest BCUT2D eigenvalue weighted by Crippen LogP contribution is -2.22. The molecule has 0 aliphatic heterocycles. The van der Waals surface area contributed by atoms with Crippen LogP contribution in [0.4, 0.5) is 0 Å². The predicted molar refractivity (Wildman–Crippen MR) is 109 cm³/mol.